The molecule has 1 saturated heterocycles. The fourth-order valence-electron chi connectivity index (χ4n) is 3.01. The van der Waals surface area contributed by atoms with E-state index in [2.05, 4.69) is 15.0 Å². The number of hydrogen-bond donors (Lipinski definition) is 1. The summed E-state index contributed by atoms with van der Waals surface area (Å²) in [5, 5.41) is 3.67. The molecule has 0 aliphatic carbocycles. The molecule has 0 amide bonds. The lowest BCUT2D eigenvalue weighted by Crippen LogP contribution is -2.33. The number of azide groups is 1. The highest BCUT2D eigenvalue weighted by molar-refractivity contribution is 7.48. The highest BCUT2D eigenvalue weighted by Gasteiger charge is 2.40. The van der Waals surface area contributed by atoms with Gasteiger partial charge in [0.25, 0.3) is 5.56 Å². The van der Waals surface area contributed by atoms with Crippen LogP contribution in [-0.2, 0) is 32.5 Å². The summed E-state index contributed by atoms with van der Waals surface area (Å²) in [6, 6.07) is -0.838. The molecule has 3 atom stereocenters. The second-order valence-electron chi connectivity index (χ2n) is 10.8. The number of hydrogen-bond acceptors (Lipinski definition) is 10. The molecule has 1 N–H and O–H groups in total. The van der Waals surface area contributed by atoms with Gasteiger partial charge in [0.15, 0.2) is 11.6 Å². The van der Waals surface area contributed by atoms with E-state index in [9.17, 15) is 23.7 Å². The molecule has 0 saturated carbocycles. The molecular weight excluding hydrogens is 509 g/mol. The van der Waals surface area contributed by atoms with Crippen molar-refractivity contribution in [1.82, 2.24) is 9.55 Å². The molecule has 0 aromatic carbocycles. The van der Waals surface area contributed by atoms with Gasteiger partial charge in [0.05, 0.1) is 18.8 Å². The number of aryl methyl sites for hydroxylation is 1. The number of phosphoric ester groups is 1. The summed E-state index contributed by atoms with van der Waals surface area (Å²) >= 11 is 0. The number of Topliss-reactive ketones (excluding diaryl/α,β-unsaturated/α-hetero) is 2. The third-order valence-corrected chi connectivity index (χ3v) is 6.99. The molecule has 37 heavy (non-hydrogen) atoms. The predicted molar refractivity (Wildman–Crippen MR) is 132 cm³/mol. The molecule has 1 aliphatic rings. The quantitative estimate of drug-likeness (QED) is 0.189. The average Bonchev–Trinajstić information content (AvgIpc) is 3.18. The molecule has 1 fully saturated rings. The van der Waals surface area contributed by atoms with Gasteiger partial charge in [-0.2, -0.15) is 0 Å². The summed E-state index contributed by atoms with van der Waals surface area (Å²) in [6.45, 7) is 9.81. The van der Waals surface area contributed by atoms with Gasteiger partial charge < -0.3 is 4.74 Å². The van der Waals surface area contributed by atoms with E-state index in [4.69, 9.17) is 23.8 Å². The van der Waals surface area contributed by atoms with E-state index in [1.54, 1.807) is 41.5 Å². The maximum absolute atomic E-state index is 13.4. The molecule has 15 heteroatoms. The number of phosphoric acid groups is 1. The van der Waals surface area contributed by atoms with E-state index in [1.807, 2.05) is 0 Å². The minimum Gasteiger partial charge on any atom is -0.352 e. The van der Waals surface area contributed by atoms with Crippen molar-refractivity contribution in [1.29, 1.82) is 0 Å². The Hall–Kier alpha value is -2.60. The summed E-state index contributed by atoms with van der Waals surface area (Å²) in [7, 11) is -4.45. The fraction of sp³-hybridized carbons (Fsp3) is 0.727. The number of ketones is 2. The van der Waals surface area contributed by atoms with Gasteiger partial charge in [-0.05, 0) is 12.5 Å². The lowest BCUT2D eigenvalue weighted by molar-refractivity contribution is -0.130. The number of ether oxygens (including phenoxy) is 1. The van der Waals surface area contributed by atoms with Crippen LogP contribution < -0.4 is 11.2 Å². The molecule has 0 spiro atoms. The van der Waals surface area contributed by atoms with Crippen LogP contribution in [0.3, 0.4) is 0 Å². The van der Waals surface area contributed by atoms with Crippen LogP contribution in [0, 0.1) is 17.8 Å². The molecule has 14 nitrogen and oxygen atoms in total. The number of rotatable bonds is 11. The molecule has 2 rings (SSSR count). The summed E-state index contributed by atoms with van der Waals surface area (Å²) in [5.74, 6) is -0.752. The van der Waals surface area contributed by atoms with Crippen molar-refractivity contribution in [2.45, 2.75) is 73.3 Å². The topological polar surface area (TPSA) is 192 Å². The Morgan fingerprint density at radius 3 is 2.16 bits per heavy atom. The zero-order valence-corrected chi connectivity index (χ0v) is 22.9. The minimum absolute atomic E-state index is 0.0561. The number of nitrogens with zero attached hydrogens (tertiary/aromatic N) is 4. The van der Waals surface area contributed by atoms with Gasteiger partial charge in [-0.3, -0.25) is 37.5 Å². The predicted octanol–water partition coefficient (Wildman–Crippen LogP) is 3.20. The third kappa shape index (κ3) is 8.46. The van der Waals surface area contributed by atoms with Gasteiger partial charge in [-0.1, -0.05) is 46.7 Å². The Morgan fingerprint density at radius 2 is 1.68 bits per heavy atom. The van der Waals surface area contributed by atoms with E-state index < -0.39 is 68.1 Å². The molecule has 0 radical (unpaired) electrons. The Balaban J connectivity index is 2.22. The summed E-state index contributed by atoms with van der Waals surface area (Å²) in [6.07, 6.45) is -0.536. The van der Waals surface area contributed by atoms with Gasteiger partial charge in [-0.25, -0.2) is 9.36 Å². The van der Waals surface area contributed by atoms with E-state index >= 15 is 0 Å². The van der Waals surface area contributed by atoms with E-state index in [1.165, 1.54) is 13.1 Å². The van der Waals surface area contributed by atoms with Gasteiger partial charge in [0.2, 0.25) is 0 Å². The largest absolute Gasteiger partial charge is 0.475 e. The fourth-order valence-corrected chi connectivity index (χ4v) is 4.11. The van der Waals surface area contributed by atoms with Crippen LogP contribution in [0.15, 0.2) is 20.9 Å². The van der Waals surface area contributed by atoms with Crippen molar-refractivity contribution < 1.29 is 32.5 Å². The van der Waals surface area contributed by atoms with Crippen molar-refractivity contribution in [2.24, 2.45) is 15.9 Å². The molecule has 1 aromatic heterocycles. The highest BCUT2D eigenvalue weighted by atomic mass is 31.2. The van der Waals surface area contributed by atoms with Crippen LogP contribution in [0.2, 0.25) is 0 Å². The van der Waals surface area contributed by atoms with Crippen LogP contribution in [0.4, 0.5) is 0 Å². The summed E-state index contributed by atoms with van der Waals surface area (Å²) < 4.78 is 36.3. The zero-order valence-electron chi connectivity index (χ0n) is 22.0. The second kappa shape index (κ2) is 11.8. The van der Waals surface area contributed by atoms with Gasteiger partial charge in [-0.15, -0.1) is 0 Å². The lowest BCUT2D eigenvalue weighted by Gasteiger charge is -2.24. The normalized spacial score (nSPS) is 20.5. The highest BCUT2D eigenvalue weighted by Crippen LogP contribution is 2.50. The molecular formula is C22H34N5O9P. The molecule has 0 bridgehead atoms. The molecule has 206 valence electrons. The smallest absolute Gasteiger partial charge is 0.352 e. The Kier molecular flexibility index (Phi) is 9.81. The maximum Gasteiger partial charge on any atom is 0.475 e. The summed E-state index contributed by atoms with van der Waals surface area (Å²) in [4.78, 5) is 53.6. The summed E-state index contributed by atoms with van der Waals surface area (Å²) in [5.41, 5.74) is 6.39. The van der Waals surface area contributed by atoms with Crippen LogP contribution in [0.25, 0.3) is 10.4 Å². The monoisotopic (exact) mass is 543 g/mol. The SMILES string of the molecule is Cc1cn([C@H]2C[C@H](N=[N+]=[N-])[C@@H](COP(=O)(OCC(=O)C(C)(C)C)OCC(=O)C(C)(C)C)O2)c(=O)[nH]c1=O. The van der Waals surface area contributed by atoms with Crippen LogP contribution in [-0.4, -0.2) is 53.1 Å². The number of carbonyl (C=O) groups is 2. The van der Waals surface area contributed by atoms with Crippen LogP contribution >= 0.6 is 7.82 Å². The third-order valence-electron chi connectivity index (χ3n) is 5.64. The first-order chi connectivity index (χ1) is 17.0. The van der Waals surface area contributed by atoms with Crippen molar-refractivity contribution in [3.8, 4) is 0 Å². The second-order valence-corrected chi connectivity index (χ2v) is 12.4. The van der Waals surface area contributed by atoms with Crippen molar-refractivity contribution in [3.63, 3.8) is 0 Å². The number of aromatic nitrogens is 2. The standard InChI is InChI=1S/C22H34N5O9P/c1-13-9-27(20(31)24-19(13)30)18-8-14(25-26-23)15(36-18)10-33-37(32,34-11-16(28)21(2,3)4)35-12-17(29)22(5,6)7/h9,14-15,18H,8,10-12H2,1-7H3,(H,24,30,31)/t14-,15+,18+/m0/s1. The first-order valence-electron chi connectivity index (χ1n) is 11.6. The molecule has 2 heterocycles. The number of carbonyl (C=O) groups excluding carboxylic acids is 2. The lowest BCUT2D eigenvalue weighted by atomic mass is 9.91. The Bertz CT molecular complexity index is 1190. The number of nitrogens with one attached hydrogen (secondary N) is 1. The van der Waals surface area contributed by atoms with E-state index in [-0.39, 0.29) is 23.6 Å². The molecule has 0 unspecified atom stereocenters. The first kappa shape index (κ1) is 30.6. The maximum atomic E-state index is 13.4. The van der Waals surface area contributed by atoms with Gasteiger partial charge in [0, 0.05) is 33.9 Å². The zero-order chi connectivity index (χ0) is 28.2. The van der Waals surface area contributed by atoms with Crippen LogP contribution in [0.1, 0.15) is 59.8 Å². The molecule has 1 aliphatic heterocycles. The average molecular weight is 544 g/mol. The van der Waals surface area contributed by atoms with Crippen LogP contribution in [0.5, 0.6) is 0 Å². The first-order valence-corrected chi connectivity index (χ1v) is 13.0. The Morgan fingerprint density at radius 1 is 1.14 bits per heavy atom. The van der Waals surface area contributed by atoms with Crippen molar-refractivity contribution >= 4 is 19.4 Å². The van der Waals surface area contributed by atoms with E-state index in [0.29, 0.717) is 0 Å². The molecule has 1 aromatic rings. The van der Waals surface area contributed by atoms with Gasteiger partial charge >= 0.3 is 13.5 Å². The Labute approximate surface area is 213 Å². The van der Waals surface area contributed by atoms with Gasteiger partial charge in [0.1, 0.15) is 19.4 Å². The minimum atomic E-state index is -4.45. The number of H-pyrrole nitrogens is 1. The van der Waals surface area contributed by atoms with Crippen molar-refractivity contribution in [3.05, 3.63) is 43.0 Å². The van der Waals surface area contributed by atoms with Crippen molar-refractivity contribution in [2.75, 3.05) is 19.8 Å². The van der Waals surface area contributed by atoms with E-state index in [0.717, 1.165) is 4.57 Å². The number of aromatic amines is 1.